The second kappa shape index (κ2) is 5.49. The van der Waals surface area contributed by atoms with Gasteiger partial charge in [-0.15, -0.1) is 0 Å². The molecule has 98 valence electrons. The fourth-order valence-corrected chi connectivity index (χ4v) is 2.18. The third kappa shape index (κ3) is 2.97. The normalized spacial score (nSPS) is 26.1. The second-order valence-electron chi connectivity index (χ2n) is 5.23. The van der Waals surface area contributed by atoms with Gasteiger partial charge in [0.25, 0.3) is 0 Å². The molecule has 0 radical (unpaired) electrons. The van der Waals surface area contributed by atoms with E-state index in [1.165, 1.54) is 0 Å². The Bertz CT molecular complexity index is 304. The highest BCUT2D eigenvalue weighted by Crippen LogP contribution is 2.24. The maximum Gasteiger partial charge on any atom is 0.242 e. The molecule has 0 aliphatic carbocycles. The van der Waals surface area contributed by atoms with Crippen molar-refractivity contribution in [3.63, 3.8) is 0 Å². The van der Waals surface area contributed by atoms with Gasteiger partial charge in [0, 0.05) is 13.6 Å². The van der Waals surface area contributed by atoms with Gasteiger partial charge in [-0.3, -0.25) is 9.59 Å². The number of hydrogen-bond acceptors (Lipinski definition) is 3. The van der Waals surface area contributed by atoms with E-state index in [0.29, 0.717) is 12.5 Å². The number of amides is 2. The van der Waals surface area contributed by atoms with Crippen molar-refractivity contribution in [2.24, 2.45) is 17.6 Å². The molecule has 5 heteroatoms. The average Bonchev–Trinajstić information content (AvgIpc) is 2.68. The maximum absolute atomic E-state index is 12.2. The van der Waals surface area contributed by atoms with E-state index in [0.717, 1.165) is 6.42 Å². The topological polar surface area (TPSA) is 75.4 Å². The Balaban J connectivity index is 2.80. The third-order valence-corrected chi connectivity index (χ3v) is 3.35. The largest absolute Gasteiger partial charge is 0.357 e. The molecule has 1 unspecified atom stereocenters. The predicted molar refractivity (Wildman–Crippen MR) is 66.2 cm³/mol. The van der Waals surface area contributed by atoms with Gasteiger partial charge >= 0.3 is 0 Å². The van der Waals surface area contributed by atoms with Crippen molar-refractivity contribution >= 4 is 11.8 Å². The molecule has 2 amide bonds. The highest BCUT2D eigenvalue weighted by Gasteiger charge is 2.39. The summed E-state index contributed by atoms with van der Waals surface area (Å²) in [6.45, 7) is 6.50. The van der Waals surface area contributed by atoms with Crippen LogP contribution in [0.1, 0.15) is 27.2 Å². The van der Waals surface area contributed by atoms with Gasteiger partial charge in [-0.05, 0) is 18.3 Å². The van der Waals surface area contributed by atoms with Crippen LogP contribution in [0.2, 0.25) is 0 Å². The number of nitrogens with two attached hydrogens (primary N) is 1. The summed E-state index contributed by atoms with van der Waals surface area (Å²) in [5.74, 6) is 0.223. The standard InChI is InChI=1S/C12H23N3O2/c1-7(2)10(13)12(17)15-6-8(3)5-9(15)11(16)14-4/h7-10H,5-6,13H2,1-4H3,(H,14,16)/t8-,9+,10?/m1/s1. The van der Waals surface area contributed by atoms with Crippen molar-refractivity contribution in [1.82, 2.24) is 10.2 Å². The molecule has 0 saturated carbocycles. The highest BCUT2D eigenvalue weighted by molar-refractivity contribution is 5.90. The molecule has 0 spiro atoms. The highest BCUT2D eigenvalue weighted by atomic mass is 16.2. The number of nitrogens with one attached hydrogen (secondary N) is 1. The molecule has 1 fully saturated rings. The molecule has 17 heavy (non-hydrogen) atoms. The summed E-state index contributed by atoms with van der Waals surface area (Å²) in [5.41, 5.74) is 5.87. The maximum atomic E-state index is 12.2. The van der Waals surface area contributed by atoms with Gasteiger partial charge in [0.1, 0.15) is 6.04 Å². The van der Waals surface area contributed by atoms with Crippen LogP contribution in [0.5, 0.6) is 0 Å². The summed E-state index contributed by atoms with van der Waals surface area (Å²) in [4.78, 5) is 25.5. The molecule has 3 N–H and O–H groups in total. The van der Waals surface area contributed by atoms with Crippen LogP contribution in [-0.4, -0.2) is 42.4 Å². The van der Waals surface area contributed by atoms with Crippen LogP contribution in [0.4, 0.5) is 0 Å². The molecule has 0 aromatic carbocycles. The van der Waals surface area contributed by atoms with Crippen LogP contribution < -0.4 is 11.1 Å². The van der Waals surface area contributed by atoms with Crippen molar-refractivity contribution < 1.29 is 9.59 Å². The van der Waals surface area contributed by atoms with Gasteiger partial charge < -0.3 is 16.0 Å². The fraction of sp³-hybridized carbons (Fsp3) is 0.833. The summed E-state index contributed by atoms with van der Waals surface area (Å²) < 4.78 is 0. The molecule has 1 aliphatic heterocycles. The zero-order chi connectivity index (χ0) is 13.2. The van der Waals surface area contributed by atoms with E-state index in [4.69, 9.17) is 5.73 Å². The molecule has 5 nitrogen and oxygen atoms in total. The van der Waals surface area contributed by atoms with Crippen molar-refractivity contribution in [3.8, 4) is 0 Å². The molecular weight excluding hydrogens is 218 g/mol. The molecule has 0 aromatic rings. The molecular formula is C12H23N3O2. The van der Waals surface area contributed by atoms with Crippen LogP contribution in [0, 0.1) is 11.8 Å². The first-order chi connectivity index (χ1) is 7.88. The number of rotatable bonds is 3. The smallest absolute Gasteiger partial charge is 0.242 e. The van der Waals surface area contributed by atoms with E-state index in [-0.39, 0.29) is 23.8 Å². The lowest BCUT2D eigenvalue weighted by atomic mass is 10.0. The lowest BCUT2D eigenvalue weighted by molar-refractivity contribution is -0.140. The minimum atomic E-state index is -0.521. The van der Waals surface area contributed by atoms with E-state index < -0.39 is 6.04 Å². The monoisotopic (exact) mass is 241 g/mol. The Morgan fingerprint density at radius 3 is 2.47 bits per heavy atom. The van der Waals surface area contributed by atoms with E-state index in [1.54, 1.807) is 11.9 Å². The van der Waals surface area contributed by atoms with Crippen LogP contribution >= 0.6 is 0 Å². The lowest BCUT2D eigenvalue weighted by Crippen LogP contribution is -2.52. The van der Waals surface area contributed by atoms with Gasteiger partial charge in [0.15, 0.2) is 0 Å². The molecule has 1 rings (SSSR count). The second-order valence-corrected chi connectivity index (χ2v) is 5.23. The average molecular weight is 241 g/mol. The zero-order valence-corrected chi connectivity index (χ0v) is 11.1. The summed E-state index contributed by atoms with van der Waals surface area (Å²) >= 11 is 0. The number of likely N-dealkylation sites (N-methyl/N-ethyl adjacent to an activating group) is 1. The summed E-state index contributed by atoms with van der Waals surface area (Å²) in [5, 5.41) is 2.61. The third-order valence-electron chi connectivity index (χ3n) is 3.35. The van der Waals surface area contributed by atoms with Crippen LogP contribution in [-0.2, 0) is 9.59 Å². The van der Waals surface area contributed by atoms with E-state index in [9.17, 15) is 9.59 Å². The predicted octanol–water partition coefficient (Wildman–Crippen LogP) is -0.0473. The first-order valence-corrected chi connectivity index (χ1v) is 6.16. The van der Waals surface area contributed by atoms with Gasteiger partial charge in [0.05, 0.1) is 6.04 Å². The minimum Gasteiger partial charge on any atom is -0.357 e. The molecule has 0 bridgehead atoms. The number of carbonyl (C=O) groups is 2. The van der Waals surface area contributed by atoms with Gasteiger partial charge in [-0.1, -0.05) is 20.8 Å². The molecule has 1 saturated heterocycles. The Labute approximate surface area is 103 Å². The Morgan fingerprint density at radius 1 is 1.41 bits per heavy atom. The van der Waals surface area contributed by atoms with Crippen molar-refractivity contribution in [1.29, 1.82) is 0 Å². The number of nitrogens with zero attached hydrogens (tertiary/aromatic N) is 1. The molecule has 3 atom stereocenters. The van der Waals surface area contributed by atoms with Crippen LogP contribution in [0.3, 0.4) is 0 Å². The number of hydrogen-bond donors (Lipinski definition) is 2. The summed E-state index contributed by atoms with van der Waals surface area (Å²) in [6.07, 6.45) is 0.718. The molecule has 1 heterocycles. The SMILES string of the molecule is CNC(=O)[C@@H]1C[C@@H](C)CN1C(=O)C(N)C(C)C. The first-order valence-electron chi connectivity index (χ1n) is 6.16. The van der Waals surface area contributed by atoms with Gasteiger partial charge in [-0.2, -0.15) is 0 Å². The van der Waals surface area contributed by atoms with E-state index in [2.05, 4.69) is 5.32 Å². The van der Waals surface area contributed by atoms with Crippen molar-refractivity contribution in [2.45, 2.75) is 39.3 Å². The van der Waals surface area contributed by atoms with Gasteiger partial charge in [0.2, 0.25) is 11.8 Å². The zero-order valence-electron chi connectivity index (χ0n) is 11.1. The lowest BCUT2D eigenvalue weighted by Gasteiger charge is -2.27. The molecule has 0 aromatic heterocycles. The first kappa shape index (κ1) is 14.0. The van der Waals surface area contributed by atoms with Crippen molar-refractivity contribution in [3.05, 3.63) is 0 Å². The Hall–Kier alpha value is -1.10. The van der Waals surface area contributed by atoms with E-state index in [1.807, 2.05) is 20.8 Å². The molecule has 1 aliphatic rings. The van der Waals surface area contributed by atoms with Crippen LogP contribution in [0.25, 0.3) is 0 Å². The van der Waals surface area contributed by atoms with Gasteiger partial charge in [-0.25, -0.2) is 0 Å². The van der Waals surface area contributed by atoms with Crippen molar-refractivity contribution in [2.75, 3.05) is 13.6 Å². The fourth-order valence-electron chi connectivity index (χ4n) is 2.18. The number of likely N-dealkylation sites (tertiary alicyclic amines) is 1. The minimum absolute atomic E-state index is 0.0868. The summed E-state index contributed by atoms with van der Waals surface area (Å²) in [6, 6.07) is -0.875. The quantitative estimate of drug-likeness (QED) is 0.727. The Kier molecular flexibility index (Phi) is 4.51. The number of carbonyl (C=O) groups excluding carboxylic acids is 2. The Morgan fingerprint density at radius 2 is 2.00 bits per heavy atom. The van der Waals surface area contributed by atoms with Crippen LogP contribution in [0.15, 0.2) is 0 Å². The van der Waals surface area contributed by atoms with E-state index >= 15 is 0 Å². The summed E-state index contributed by atoms with van der Waals surface area (Å²) in [7, 11) is 1.59.